The van der Waals surface area contributed by atoms with Gasteiger partial charge in [-0.3, -0.25) is 0 Å². The van der Waals surface area contributed by atoms with E-state index in [0.29, 0.717) is 5.88 Å². The van der Waals surface area contributed by atoms with E-state index in [1.54, 1.807) is 0 Å². The molecular weight excluding hydrogens is 683 g/mol. The van der Waals surface area contributed by atoms with Gasteiger partial charge in [0.2, 0.25) is 5.88 Å². The Labute approximate surface area is 321 Å². The molecule has 12 aromatic rings. The molecule has 0 aliphatic carbocycles. The number of hydrogen-bond donors (Lipinski definition) is 0. The number of furan rings is 1. The van der Waals surface area contributed by atoms with Crippen LogP contribution in [0.25, 0.3) is 98.1 Å². The van der Waals surface area contributed by atoms with Crippen molar-refractivity contribution in [3.8, 4) is 0 Å². The first kappa shape index (κ1) is 30.2. The topological polar surface area (TPSA) is 34.8 Å². The van der Waals surface area contributed by atoms with Crippen LogP contribution >= 0.6 is 0 Å². The number of allylic oxidation sites excluding steroid dienone is 1. The van der Waals surface area contributed by atoms with Crippen molar-refractivity contribution in [3.05, 3.63) is 175 Å². The molecule has 4 aromatic heterocycles. The Hall–Kier alpha value is -7.17. The third-order valence-electron chi connectivity index (χ3n) is 12.5. The van der Waals surface area contributed by atoms with Gasteiger partial charge in [-0.2, -0.15) is 0 Å². The molecule has 8 aromatic carbocycles. The van der Waals surface area contributed by atoms with Crippen molar-refractivity contribution >= 4 is 110 Å². The van der Waals surface area contributed by atoms with Crippen LogP contribution < -0.4 is 0 Å². The molecule has 56 heavy (non-hydrogen) atoms. The van der Waals surface area contributed by atoms with Gasteiger partial charge in [0.05, 0.1) is 44.6 Å². The molecule has 0 saturated heterocycles. The van der Waals surface area contributed by atoms with Gasteiger partial charge in [0.1, 0.15) is 5.58 Å². The number of nitrogens with zero attached hydrogens (tertiary/aromatic N) is 3. The molecule has 0 N–H and O–H groups in total. The molecule has 1 atom stereocenters. The molecule has 4 heteroatoms. The quantitative estimate of drug-likeness (QED) is 0.179. The van der Waals surface area contributed by atoms with Gasteiger partial charge in [-0.05, 0) is 69.9 Å². The van der Waals surface area contributed by atoms with E-state index in [1.807, 2.05) is 6.07 Å². The number of rotatable bonds is 3. The van der Waals surface area contributed by atoms with Crippen LogP contribution in [-0.4, -0.2) is 14.7 Å². The van der Waals surface area contributed by atoms with Crippen molar-refractivity contribution in [2.45, 2.75) is 13.3 Å². The highest BCUT2D eigenvalue weighted by Gasteiger charge is 2.31. The molecule has 0 radical (unpaired) electrons. The minimum atomic E-state index is 0.0363. The lowest BCUT2D eigenvalue weighted by Crippen LogP contribution is -2.13. The standard InChI is InChI=1S/C52H33N3O/c1-2-30-28-43(48-38-19-9-12-22-45(38)56-52(48)53-50(30)34-24-23-31-13-3-4-15-33(31)27-34)54-41-21-11-8-18-37(41)47-44(54)29-39-36-17-7-10-20-40(36)55-42-26-25-32-14-5-6-16-35(32)46(42)49(47)51(39)55/h3-30H,2H2,1H3. The first-order valence-corrected chi connectivity index (χ1v) is 19.6. The van der Waals surface area contributed by atoms with Gasteiger partial charge < -0.3 is 13.4 Å². The Morgan fingerprint density at radius 1 is 0.536 bits per heavy atom. The summed E-state index contributed by atoms with van der Waals surface area (Å²) in [7, 11) is 0. The monoisotopic (exact) mass is 715 g/mol. The number of fused-ring (bicyclic) bond motifs is 16. The summed E-state index contributed by atoms with van der Waals surface area (Å²) >= 11 is 0. The molecule has 0 amide bonds. The number of para-hydroxylation sites is 3. The molecule has 4 nitrogen and oxygen atoms in total. The fraction of sp³-hybridized carbons (Fsp3) is 0.0577. The van der Waals surface area contributed by atoms with Gasteiger partial charge in [0.15, 0.2) is 0 Å². The molecule has 0 saturated carbocycles. The molecule has 13 rings (SSSR count). The third kappa shape index (κ3) is 3.85. The van der Waals surface area contributed by atoms with Gasteiger partial charge in [0, 0.05) is 43.6 Å². The molecule has 0 spiro atoms. The zero-order chi connectivity index (χ0) is 36.6. The van der Waals surface area contributed by atoms with E-state index in [4.69, 9.17) is 9.41 Å². The summed E-state index contributed by atoms with van der Waals surface area (Å²) in [5.74, 6) is 0.690. The fourth-order valence-electron chi connectivity index (χ4n) is 10.1. The van der Waals surface area contributed by atoms with Crippen LogP contribution in [0.4, 0.5) is 5.88 Å². The van der Waals surface area contributed by atoms with Crippen molar-refractivity contribution in [2.75, 3.05) is 0 Å². The van der Waals surface area contributed by atoms with Gasteiger partial charge >= 0.3 is 0 Å². The maximum atomic E-state index is 6.77. The van der Waals surface area contributed by atoms with E-state index in [-0.39, 0.29) is 5.92 Å². The lowest BCUT2D eigenvalue weighted by Gasteiger charge is -2.17. The summed E-state index contributed by atoms with van der Waals surface area (Å²) in [5.41, 5.74) is 11.2. The van der Waals surface area contributed by atoms with Crippen molar-refractivity contribution in [1.29, 1.82) is 0 Å². The van der Waals surface area contributed by atoms with E-state index in [2.05, 4.69) is 174 Å². The van der Waals surface area contributed by atoms with E-state index >= 15 is 0 Å². The first-order valence-electron chi connectivity index (χ1n) is 19.6. The summed E-state index contributed by atoms with van der Waals surface area (Å²) in [6, 6.07) is 57.5. The SMILES string of the molecule is CCC1C=C(n2c3ccccc3c3c4c5c6ccccc6ccc5n5c6ccccc6c(cc32)c45)c2c(oc3ccccc23)N=C1c1ccc2ccccc2c1. The second-order valence-electron chi connectivity index (χ2n) is 15.3. The molecule has 1 aliphatic rings. The van der Waals surface area contributed by atoms with Gasteiger partial charge in [-0.15, -0.1) is 0 Å². The normalized spacial score (nSPS) is 15.0. The predicted molar refractivity (Wildman–Crippen MR) is 235 cm³/mol. The maximum Gasteiger partial charge on any atom is 0.229 e. The zero-order valence-electron chi connectivity index (χ0n) is 30.6. The summed E-state index contributed by atoms with van der Waals surface area (Å²) < 4.78 is 11.8. The molecule has 262 valence electrons. The first-order chi connectivity index (χ1) is 27.7. The van der Waals surface area contributed by atoms with Gasteiger partial charge in [0.25, 0.3) is 0 Å². The van der Waals surface area contributed by atoms with Crippen molar-refractivity contribution in [1.82, 2.24) is 8.97 Å². The largest absolute Gasteiger partial charge is 0.438 e. The fourth-order valence-corrected chi connectivity index (χ4v) is 10.1. The lowest BCUT2D eigenvalue weighted by molar-refractivity contribution is 0.624. The van der Waals surface area contributed by atoms with Crippen LogP contribution in [-0.2, 0) is 0 Å². The molecule has 1 unspecified atom stereocenters. The predicted octanol–water partition coefficient (Wildman–Crippen LogP) is 14.0. The highest BCUT2D eigenvalue weighted by Crippen LogP contribution is 2.50. The summed E-state index contributed by atoms with van der Waals surface area (Å²) in [6.45, 7) is 2.27. The molecule has 0 bridgehead atoms. The van der Waals surface area contributed by atoms with Crippen molar-refractivity contribution in [2.24, 2.45) is 10.9 Å². The Kier molecular flexibility index (Phi) is 5.91. The maximum absolute atomic E-state index is 6.77. The zero-order valence-corrected chi connectivity index (χ0v) is 30.6. The van der Waals surface area contributed by atoms with E-state index in [0.717, 1.165) is 39.9 Å². The molecule has 5 heterocycles. The summed E-state index contributed by atoms with van der Waals surface area (Å²) in [4.78, 5) is 5.50. The average Bonchev–Trinajstić information content (AvgIpc) is 3.96. The number of aromatic nitrogens is 2. The van der Waals surface area contributed by atoms with Crippen molar-refractivity contribution < 1.29 is 4.42 Å². The lowest BCUT2D eigenvalue weighted by atomic mass is 9.91. The minimum absolute atomic E-state index is 0.0363. The third-order valence-corrected chi connectivity index (χ3v) is 12.5. The van der Waals surface area contributed by atoms with E-state index in [9.17, 15) is 0 Å². The highest BCUT2D eigenvalue weighted by molar-refractivity contribution is 6.39. The summed E-state index contributed by atoms with van der Waals surface area (Å²) in [5, 5.41) is 13.7. The second kappa shape index (κ2) is 11.0. The van der Waals surface area contributed by atoms with Crippen LogP contribution in [0.15, 0.2) is 173 Å². The summed E-state index contributed by atoms with van der Waals surface area (Å²) in [6.07, 6.45) is 3.36. The van der Waals surface area contributed by atoms with E-state index in [1.165, 1.54) is 81.4 Å². The average molecular weight is 716 g/mol. The van der Waals surface area contributed by atoms with Gasteiger partial charge in [-0.1, -0.05) is 134 Å². The number of aliphatic imine (C=N–C) groups is 1. The Morgan fingerprint density at radius 2 is 1.21 bits per heavy atom. The van der Waals surface area contributed by atoms with Gasteiger partial charge in [-0.25, -0.2) is 4.99 Å². The minimum Gasteiger partial charge on any atom is -0.438 e. The Bertz CT molecular complexity index is 3700. The van der Waals surface area contributed by atoms with Crippen LogP contribution in [0.2, 0.25) is 0 Å². The van der Waals surface area contributed by atoms with Crippen LogP contribution in [0, 0.1) is 5.92 Å². The smallest absolute Gasteiger partial charge is 0.229 e. The molecule has 0 fully saturated rings. The number of hydrogen-bond acceptors (Lipinski definition) is 2. The van der Waals surface area contributed by atoms with Crippen LogP contribution in [0.1, 0.15) is 24.5 Å². The molecule has 1 aliphatic heterocycles. The van der Waals surface area contributed by atoms with Crippen LogP contribution in [0.3, 0.4) is 0 Å². The number of benzene rings is 8. The Balaban J connectivity index is 1.21. The highest BCUT2D eigenvalue weighted by atomic mass is 16.3. The molecular formula is C52H33N3O. The second-order valence-corrected chi connectivity index (χ2v) is 15.3. The van der Waals surface area contributed by atoms with Crippen LogP contribution in [0.5, 0.6) is 0 Å². The van der Waals surface area contributed by atoms with Crippen molar-refractivity contribution in [3.63, 3.8) is 0 Å². The van der Waals surface area contributed by atoms with E-state index < -0.39 is 0 Å². The Morgan fingerprint density at radius 3 is 2.07 bits per heavy atom.